The zero-order valence-corrected chi connectivity index (χ0v) is 20.0. The molecule has 9 heteroatoms. The number of hydrogen-bond acceptors (Lipinski definition) is 6. The van der Waals surface area contributed by atoms with E-state index in [4.69, 9.17) is 9.15 Å². The third-order valence-electron chi connectivity index (χ3n) is 5.11. The van der Waals surface area contributed by atoms with Crippen molar-refractivity contribution in [1.29, 1.82) is 0 Å². The lowest BCUT2D eigenvalue weighted by molar-refractivity contribution is -0.123. The summed E-state index contributed by atoms with van der Waals surface area (Å²) in [5.41, 5.74) is 3.07. The molecule has 3 aromatic rings. The number of imide groups is 1. The van der Waals surface area contributed by atoms with E-state index in [0.29, 0.717) is 22.4 Å². The topological polar surface area (TPSA) is 98.1 Å². The molecule has 1 N–H and O–H groups in total. The van der Waals surface area contributed by atoms with Gasteiger partial charge in [-0.25, -0.2) is 9.59 Å². The number of carbonyl (C=O) groups excluding carboxylic acids is 3. The lowest BCUT2D eigenvalue weighted by Crippen LogP contribution is -2.30. The van der Waals surface area contributed by atoms with Gasteiger partial charge in [-0.2, -0.15) is 0 Å². The van der Waals surface area contributed by atoms with Gasteiger partial charge in [-0.3, -0.25) is 9.69 Å². The molecule has 1 aliphatic heterocycles. The normalized spacial score (nSPS) is 14.4. The molecule has 2 aromatic carbocycles. The second kappa shape index (κ2) is 9.96. The predicted molar refractivity (Wildman–Crippen MR) is 127 cm³/mol. The molecule has 0 radical (unpaired) electrons. The first kappa shape index (κ1) is 23.3. The lowest BCUT2D eigenvalue weighted by atomic mass is 10.1. The van der Waals surface area contributed by atoms with E-state index in [1.807, 2.05) is 31.2 Å². The summed E-state index contributed by atoms with van der Waals surface area (Å²) in [7, 11) is 1.24. The van der Waals surface area contributed by atoms with E-state index in [2.05, 4.69) is 26.0 Å². The minimum absolute atomic E-state index is 0.00476. The summed E-state index contributed by atoms with van der Waals surface area (Å²) in [5, 5.41) is 2.57. The number of esters is 1. The summed E-state index contributed by atoms with van der Waals surface area (Å²) in [5.74, 6) is -0.207. The summed E-state index contributed by atoms with van der Waals surface area (Å²) in [6.07, 6.45) is 1.58. The fraction of sp³-hybridized carbons (Fsp3) is 0.160. The summed E-state index contributed by atoms with van der Waals surface area (Å²) < 4.78 is 16.5. The van der Waals surface area contributed by atoms with Gasteiger partial charge in [0.1, 0.15) is 23.8 Å². The molecule has 0 spiro atoms. The van der Waals surface area contributed by atoms with Crippen LogP contribution in [0.3, 0.4) is 0 Å². The number of benzene rings is 2. The first-order valence-electron chi connectivity index (χ1n) is 10.3. The molecule has 0 unspecified atom stereocenters. The highest BCUT2D eigenvalue weighted by atomic mass is 79.9. The molecular formula is C25H21BrN2O6. The van der Waals surface area contributed by atoms with Crippen molar-refractivity contribution in [2.75, 3.05) is 7.11 Å². The average molecular weight is 525 g/mol. The maximum absolute atomic E-state index is 12.8. The standard InChI is InChI=1S/C25H21BrN2O6/c1-15-3-5-16(6-4-15)14-33-21-9-7-17(11-19(21)26)12-20-23(29)28(25(31)27-20)13-18-8-10-22(34-18)24(30)32-2/h3-12H,13-14H2,1-2H3,(H,27,31)/b20-12-. The molecule has 0 aliphatic carbocycles. The Balaban J connectivity index is 1.43. The van der Waals surface area contributed by atoms with Crippen molar-refractivity contribution >= 4 is 39.9 Å². The minimum Gasteiger partial charge on any atom is -0.488 e. The van der Waals surface area contributed by atoms with Crippen LogP contribution >= 0.6 is 15.9 Å². The monoisotopic (exact) mass is 524 g/mol. The Morgan fingerprint density at radius 1 is 1.12 bits per heavy atom. The highest BCUT2D eigenvalue weighted by Crippen LogP contribution is 2.28. The van der Waals surface area contributed by atoms with Crippen LogP contribution in [0.5, 0.6) is 5.75 Å². The SMILES string of the molecule is COC(=O)c1ccc(CN2C(=O)N/C(=C\c3ccc(OCc4ccc(C)cc4)c(Br)c3)C2=O)o1. The molecule has 1 saturated heterocycles. The highest BCUT2D eigenvalue weighted by molar-refractivity contribution is 9.10. The smallest absolute Gasteiger partial charge is 0.373 e. The van der Waals surface area contributed by atoms with Crippen molar-refractivity contribution in [2.45, 2.75) is 20.1 Å². The van der Waals surface area contributed by atoms with Crippen LogP contribution in [-0.2, 0) is 22.7 Å². The number of urea groups is 1. The van der Waals surface area contributed by atoms with Gasteiger partial charge in [-0.15, -0.1) is 0 Å². The number of furan rings is 1. The molecule has 3 amide bonds. The van der Waals surface area contributed by atoms with Crippen LogP contribution < -0.4 is 10.1 Å². The average Bonchev–Trinajstić information content (AvgIpc) is 3.39. The molecule has 2 heterocycles. The van der Waals surface area contributed by atoms with E-state index in [9.17, 15) is 14.4 Å². The van der Waals surface area contributed by atoms with Gasteiger partial charge in [0, 0.05) is 0 Å². The number of aryl methyl sites for hydroxylation is 1. The van der Waals surface area contributed by atoms with Crippen LogP contribution in [0.2, 0.25) is 0 Å². The molecule has 1 aromatic heterocycles. The van der Waals surface area contributed by atoms with Crippen molar-refractivity contribution in [1.82, 2.24) is 10.2 Å². The van der Waals surface area contributed by atoms with Gasteiger partial charge in [-0.1, -0.05) is 35.9 Å². The maximum atomic E-state index is 12.8. The molecule has 34 heavy (non-hydrogen) atoms. The summed E-state index contributed by atoms with van der Waals surface area (Å²) in [4.78, 5) is 37.6. The van der Waals surface area contributed by atoms with E-state index in [1.165, 1.54) is 24.8 Å². The number of ether oxygens (including phenoxy) is 2. The zero-order chi connectivity index (χ0) is 24.2. The van der Waals surface area contributed by atoms with Crippen LogP contribution in [0.15, 0.2) is 69.2 Å². The summed E-state index contributed by atoms with van der Waals surface area (Å²) >= 11 is 3.50. The summed E-state index contributed by atoms with van der Waals surface area (Å²) in [6.45, 7) is 2.34. The highest BCUT2D eigenvalue weighted by Gasteiger charge is 2.34. The Morgan fingerprint density at radius 2 is 1.88 bits per heavy atom. The van der Waals surface area contributed by atoms with Gasteiger partial charge in [-0.05, 0) is 64.3 Å². The van der Waals surface area contributed by atoms with Crippen molar-refractivity contribution < 1.29 is 28.3 Å². The van der Waals surface area contributed by atoms with Gasteiger partial charge in [0.2, 0.25) is 5.76 Å². The second-order valence-corrected chi connectivity index (χ2v) is 8.46. The fourth-order valence-electron chi connectivity index (χ4n) is 3.28. The van der Waals surface area contributed by atoms with Gasteiger partial charge in [0.15, 0.2) is 0 Å². The number of nitrogens with one attached hydrogen (secondary N) is 1. The van der Waals surface area contributed by atoms with Crippen molar-refractivity contribution in [3.05, 3.63) is 93.0 Å². The van der Waals surface area contributed by atoms with Gasteiger partial charge < -0.3 is 19.2 Å². The first-order valence-corrected chi connectivity index (χ1v) is 11.1. The van der Waals surface area contributed by atoms with Crippen LogP contribution in [0.25, 0.3) is 6.08 Å². The molecule has 0 atom stereocenters. The molecule has 1 fully saturated rings. The number of halogens is 1. The Kier molecular flexibility index (Phi) is 6.83. The number of amides is 3. The molecule has 1 aliphatic rings. The Morgan fingerprint density at radius 3 is 2.59 bits per heavy atom. The maximum Gasteiger partial charge on any atom is 0.373 e. The molecule has 174 valence electrons. The Labute approximate surface area is 204 Å². The lowest BCUT2D eigenvalue weighted by Gasteiger charge is -2.10. The molecule has 4 rings (SSSR count). The van der Waals surface area contributed by atoms with Crippen LogP contribution in [-0.4, -0.2) is 29.9 Å². The van der Waals surface area contributed by atoms with Gasteiger partial charge in [0.25, 0.3) is 5.91 Å². The van der Waals surface area contributed by atoms with E-state index < -0.39 is 17.9 Å². The minimum atomic E-state index is -0.638. The van der Waals surface area contributed by atoms with E-state index in [-0.39, 0.29) is 23.8 Å². The number of hydrogen-bond donors (Lipinski definition) is 1. The molecule has 0 saturated carbocycles. The number of nitrogens with zero attached hydrogens (tertiary/aromatic N) is 1. The number of carbonyl (C=O) groups is 3. The third kappa shape index (κ3) is 5.20. The van der Waals surface area contributed by atoms with Gasteiger partial charge in [0.05, 0.1) is 18.1 Å². The van der Waals surface area contributed by atoms with Crippen LogP contribution in [0.1, 0.15) is 33.0 Å². The van der Waals surface area contributed by atoms with Crippen molar-refractivity contribution in [3.63, 3.8) is 0 Å². The molecule has 8 nitrogen and oxygen atoms in total. The Bertz CT molecular complexity index is 1280. The molecular weight excluding hydrogens is 504 g/mol. The largest absolute Gasteiger partial charge is 0.488 e. The van der Waals surface area contributed by atoms with E-state index >= 15 is 0 Å². The first-order chi connectivity index (χ1) is 16.3. The predicted octanol–water partition coefficient (Wildman–Crippen LogP) is 4.81. The van der Waals surface area contributed by atoms with Crippen molar-refractivity contribution in [3.8, 4) is 5.75 Å². The van der Waals surface area contributed by atoms with E-state index in [0.717, 1.165) is 10.5 Å². The number of rotatable bonds is 7. The third-order valence-corrected chi connectivity index (χ3v) is 5.73. The van der Waals surface area contributed by atoms with Crippen LogP contribution in [0.4, 0.5) is 4.79 Å². The quantitative estimate of drug-likeness (QED) is 0.270. The van der Waals surface area contributed by atoms with Crippen LogP contribution in [0, 0.1) is 6.92 Å². The van der Waals surface area contributed by atoms with Crippen molar-refractivity contribution in [2.24, 2.45) is 0 Å². The fourth-order valence-corrected chi connectivity index (χ4v) is 3.79. The molecule has 0 bridgehead atoms. The van der Waals surface area contributed by atoms with Gasteiger partial charge >= 0.3 is 12.0 Å². The number of methoxy groups -OCH3 is 1. The van der Waals surface area contributed by atoms with E-state index in [1.54, 1.807) is 24.3 Å². The summed E-state index contributed by atoms with van der Waals surface area (Å²) in [6, 6.07) is 15.8. The zero-order valence-electron chi connectivity index (χ0n) is 18.5. The second-order valence-electron chi connectivity index (χ2n) is 7.60. The Hall–Kier alpha value is -3.85.